The van der Waals surface area contributed by atoms with Crippen LogP contribution in [0.3, 0.4) is 0 Å². The molecule has 15 heavy (non-hydrogen) atoms. The van der Waals surface area contributed by atoms with E-state index in [4.69, 9.17) is 4.74 Å². The first kappa shape index (κ1) is 13.0. The van der Waals surface area contributed by atoms with E-state index in [0.29, 0.717) is 6.10 Å². The highest BCUT2D eigenvalue weighted by atomic mass is 16.5. The van der Waals surface area contributed by atoms with Gasteiger partial charge >= 0.3 is 0 Å². The van der Waals surface area contributed by atoms with E-state index in [1.807, 2.05) is 0 Å². The second-order valence-electron chi connectivity index (χ2n) is 5.01. The maximum atomic E-state index is 6.00. The molecule has 2 fully saturated rings. The first-order valence-electron chi connectivity index (χ1n) is 6.58. The SMILES string of the molecule is C1CCCC(C2CCCCCO2)CC1.N. The summed E-state index contributed by atoms with van der Waals surface area (Å²) in [5.41, 5.74) is 0. The van der Waals surface area contributed by atoms with E-state index < -0.39 is 0 Å². The topological polar surface area (TPSA) is 44.2 Å². The number of hydrogen-bond donors (Lipinski definition) is 1. The average molecular weight is 213 g/mol. The molecule has 1 saturated heterocycles. The molecule has 2 heteroatoms. The van der Waals surface area contributed by atoms with E-state index in [9.17, 15) is 0 Å². The molecule has 3 N–H and O–H groups in total. The van der Waals surface area contributed by atoms with Crippen LogP contribution in [0, 0.1) is 5.92 Å². The molecule has 1 unspecified atom stereocenters. The minimum atomic E-state index is 0. The Balaban J connectivity index is 0.00000112. The summed E-state index contributed by atoms with van der Waals surface area (Å²) in [5.74, 6) is 0.899. The summed E-state index contributed by atoms with van der Waals surface area (Å²) >= 11 is 0. The Bertz CT molecular complexity index is 127. The Hall–Kier alpha value is -0.0800. The van der Waals surface area contributed by atoms with E-state index in [2.05, 4.69) is 0 Å². The zero-order valence-corrected chi connectivity index (χ0v) is 10.0. The standard InChI is InChI=1S/C13H24O.H3N/c1-2-5-9-12(8-4-1)13-10-6-3-7-11-14-13;/h12-13H,1-11H2;1H3. The molecule has 0 aromatic rings. The first-order valence-corrected chi connectivity index (χ1v) is 6.58. The fourth-order valence-corrected chi connectivity index (χ4v) is 3.00. The molecule has 1 atom stereocenters. The van der Waals surface area contributed by atoms with Gasteiger partial charge in [-0.25, -0.2) is 0 Å². The number of hydrogen-bond acceptors (Lipinski definition) is 2. The monoisotopic (exact) mass is 213 g/mol. The molecule has 1 aliphatic heterocycles. The maximum Gasteiger partial charge on any atom is 0.0603 e. The Morgan fingerprint density at radius 1 is 0.667 bits per heavy atom. The molecule has 0 radical (unpaired) electrons. The normalized spacial score (nSPS) is 30.0. The van der Waals surface area contributed by atoms with Gasteiger partial charge in [0.15, 0.2) is 0 Å². The van der Waals surface area contributed by atoms with Crippen molar-refractivity contribution < 1.29 is 4.74 Å². The third-order valence-electron chi connectivity index (χ3n) is 3.89. The van der Waals surface area contributed by atoms with Crippen LogP contribution in [0.4, 0.5) is 0 Å². The van der Waals surface area contributed by atoms with Crippen LogP contribution >= 0.6 is 0 Å². The molecular formula is C13H27NO. The van der Waals surface area contributed by atoms with Crippen molar-refractivity contribution in [3.8, 4) is 0 Å². The second-order valence-corrected chi connectivity index (χ2v) is 5.01. The zero-order chi connectivity index (χ0) is 9.64. The lowest BCUT2D eigenvalue weighted by atomic mass is 9.91. The molecular weight excluding hydrogens is 186 g/mol. The lowest BCUT2D eigenvalue weighted by Crippen LogP contribution is -2.23. The molecule has 90 valence electrons. The zero-order valence-electron chi connectivity index (χ0n) is 10.0. The molecule has 0 amide bonds. The molecule has 0 aromatic carbocycles. The van der Waals surface area contributed by atoms with Crippen LogP contribution in [0.2, 0.25) is 0 Å². The van der Waals surface area contributed by atoms with Crippen molar-refractivity contribution in [1.29, 1.82) is 0 Å². The fraction of sp³-hybridized carbons (Fsp3) is 1.00. The Kier molecular flexibility index (Phi) is 6.26. The minimum absolute atomic E-state index is 0. The quantitative estimate of drug-likeness (QED) is 0.667. The van der Waals surface area contributed by atoms with Crippen LogP contribution in [-0.2, 0) is 4.74 Å². The molecule has 0 bridgehead atoms. The smallest absolute Gasteiger partial charge is 0.0603 e. The third kappa shape index (κ3) is 4.12. The van der Waals surface area contributed by atoms with Crippen molar-refractivity contribution in [1.82, 2.24) is 6.15 Å². The molecule has 1 saturated carbocycles. The fourth-order valence-electron chi connectivity index (χ4n) is 3.00. The van der Waals surface area contributed by atoms with Gasteiger partial charge in [0.05, 0.1) is 6.10 Å². The Morgan fingerprint density at radius 3 is 2.00 bits per heavy atom. The minimum Gasteiger partial charge on any atom is -0.378 e. The van der Waals surface area contributed by atoms with Gasteiger partial charge in [-0.15, -0.1) is 0 Å². The molecule has 2 aliphatic rings. The largest absolute Gasteiger partial charge is 0.378 e. The molecule has 1 aliphatic carbocycles. The Labute approximate surface area is 94.4 Å². The van der Waals surface area contributed by atoms with Crippen molar-refractivity contribution in [3.05, 3.63) is 0 Å². The van der Waals surface area contributed by atoms with Gasteiger partial charge in [0, 0.05) is 6.61 Å². The molecule has 0 aromatic heterocycles. The summed E-state index contributed by atoms with van der Waals surface area (Å²) in [5, 5.41) is 0. The number of rotatable bonds is 1. The van der Waals surface area contributed by atoms with Crippen molar-refractivity contribution >= 4 is 0 Å². The van der Waals surface area contributed by atoms with E-state index in [-0.39, 0.29) is 6.15 Å². The van der Waals surface area contributed by atoms with E-state index >= 15 is 0 Å². The van der Waals surface area contributed by atoms with Gasteiger partial charge in [-0.05, 0) is 31.6 Å². The predicted molar refractivity (Wildman–Crippen MR) is 64.4 cm³/mol. The predicted octanol–water partition coefficient (Wildman–Crippen LogP) is 4.08. The van der Waals surface area contributed by atoms with Crippen molar-refractivity contribution in [2.75, 3.05) is 6.61 Å². The van der Waals surface area contributed by atoms with Crippen LogP contribution in [0.15, 0.2) is 0 Å². The van der Waals surface area contributed by atoms with Crippen LogP contribution < -0.4 is 6.15 Å². The van der Waals surface area contributed by atoms with Crippen molar-refractivity contribution in [3.63, 3.8) is 0 Å². The van der Waals surface area contributed by atoms with Gasteiger partial charge in [0.1, 0.15) is 0 Å². The number of ether oxygens (including phenoxy) is 1. The maximum absolute atomic E-state index is 6.00. The molecule has 0 spiro atoms. The van der Waals surface area contributed by atoms with E-state index in [0.717, 1.165) is 12.5 Å². The van der Waals surface area contributed by atoms with Gasteiger partial charge in [0.2, 0.25) is 0 Å². The van der Waals surface area contributed by atoms with Crippen molar-refractivity contribution in [2.45, 2.75) is 70.3 Å². The summed E-state index contributed by atoms with van der Waals surface area (Å²) < 4.78 is 6.00. The highest BCUT2D eigenvalue weighted by Crippen LogP contribution is 2.30. The summed E-state index contributed by atoms with van der Waals surface area (Å²) in [7, 11) is 0. The molecule has 2 rings (SSSR count). The van der Waals surface area contributed by atoms with Crippen molar-refractivity contribution in [2.24, 2.45) is 5.92 Å². The second kappa shape index (κ2) is 7.24. The highest BCUT2D eigenvalue weighted by molar-refractivity contribution is 4.75. The van der Waals surface area contributed by atoms with Gasteiger partial charge in [-0.3, -0.25) is 0 Å². The van der Waals surface area contributed by atoms with Crippen LogP contribution in [0.25, 0.3) is 0 Å². The first-order chi connectivity index (χ1) is 6.97. The Morgan fingerprint density at radius 2 is 1.27 bits per heavy atom. The van der Waals surface area contributed by atoms with E-state index in [1.165, 1.54) is 64.2 Å². The van der Waals surface area contributed by atoms with E-state index in [1.54, 1.807) is 0 Å². The van der Waals surface area contributed by atoms with Gasteiger partial charge in [0.25, 0.3) is 0 Å². The summed E-state index contributed by atoms with van der Waals surface area (Å²) in [6.45, 7) is 1.03. The van der Waals surface area contributed by atoms with Crippen LogP contribution in [0.1, 0.15) is 64.2 Å². The highest BCUT2D eigenvalue weighted by Gasteiger charge is 2.24. The van der Waals surface area contributed by atoms with Gasteiger partial charge in [-0.1, -0.05) is 38.5 Å². The van der Waals surface area contributed by atoms with Gasteiger partial charge < -0.3 is 10.9 Å². The summed E-state index contributed by atoms with van der Waals surface area (Å²) in [6, 6.07) is 0. The lowest BCUT2D eigenvalue weighted by molar-refractivity contribution is 0.0116. The lowest BCUT2D eigenvalue weighted by Gasteiger charge is -2.24. The average Bonchev–Trinajstić information content (AvgIpc) is 2.62. The molecule has 2 nitrogen and oxygen atoms in total. The van der Waals surface area contributed by atoms with Gasteiger partial charge in [-0.2, -0.15) is 0 Å². The summed E-state index contributed by atoms with van der Waals surface area (Å²) in [6.07, 6.45) is 14.7. The van der Waals surface area contributed by atoms with Crippen LogP contribution in [-0.4, -0.2) is 12.7 Å². The summed E-state index contributed by atoms with van der Waals surface area (Å²) in [4.78, 5) is 0. The van der Waals surface area contributed by atoms with Crippen LogP contribution in [0.5, 0.6) is 0 Å². The molecule has 1 heterocycles. The third-order valence-corrected chi connectivity index (χ3v) is 3.89.